The van der Waals surface area contributed by atoms with Gasteiger partial charge in [-0.3, -0.25) is 14.9 Å². The third-order valence-corrected chi connectivity index (χ3v) is 3.53. The van der Waals surface area contributed by atoms with Crippen LogP contribution < -0.4 is 10.5 Å². The third-order valence-electron chi connectivity index (χ3n) is 3.53. The minimum Gasteiger partial charge on any atom is -0.484 e. The number of methoxy groups -OCH3 is 1. The molecule has 1 unspecified atom stereocenters. The maximum absolute atomic E-state index is 11.3. The molecule has 1 atom stereocenters. The molecule has 0 aliphatic heterocycles. The van der Waals surface area contributed by atoms with E-state index in [4.69, 9.17) is 14.9 Å². The molecule has 1 aliphatic carbocycles. The minimum absolute atomic E-state index is 0.0162. The number of benzene rings is 1. The average Bonchev–Trinajstić information content (AvgIpc) is 3.30. The molecule has 1 fully saturated rings. The van der Waals surface area contributed by atoms with Crippen molar-refractivity contribution in [2.24, 2.45) is 5.73 Å². The highest BCUT2D eigenvalue weighted by Crippen LogP contribution is 2.42. The first-order valence-electron chi connectivity index (χ1n) is 7.04. The van der Waals surface area contributed by atoms with Gasteiger partial charge in [0.2, 0.25) is 0 Å². The maximum atomic E-state index is 11.3. The van der Waals surface area contributed by atoms with E-state index in [2.05, 4.69) is 9.72 Å². The van der Waals surface area contributed by atoms with Gasteiger partial charge in [0.15, 0.2) is 17.2 Å². The zero-order valence-corrected chi connectivity index (χ0v) is 12.4. The second kappa shape index (κ2) is 5.84. The van der Waals surface area contributed by atoms with Gasteiger partial charge in [-0.15, -0.1) is 0 Å². The highest BCUT2D eigenvalue weighted by molar-refractivity contribution is 5.79. The van der Waals surface area contributed by atoms with Crippen LogP contribution in [0.2, 0.25) is 0 Å². The highest BCUT2D eigenvalue weighted by atomic mass is 16.6. The molecule has 2 aromatic rings. The number of esters is 1. The molecular weight excluding hydrogens is 306 g/mol. The number of nitrogens with zero attached hydrogens (tertiary/aromatic N) is 2. The molecule has 0 spiro atoms. The van der Waals surface area contributed by atoms with Gasteiger partial charge < -0.3 is 19.6 Å². The van der Waals surface area contributed by atoms with Crippen LogP contribution in [0.25, 0.3) is 11.1 Å². The first-order chi connectivity index (χ1) is 11.0. The Bertz CT molecular complexity index is 767. The molecule has 9 heteroatoms. The van der Waals surface area contributed by atoms with E-state index in [1.54, 1.807) is 0 Å². The number of oxazole rings is 1. The fraction of sp³-hybridized carbons (Fsp3) is 0.429. The summed E-state index contributed by atoms with van der Waals surface area (Å²) in [6.07, 6.45) is 2.01. The van der Waals surface area contributed by atoms with Crippen LogP contribution in [0.1, 0.15) is 24.7 Å². The van der Waals surface area contributed by atoms with Crippen molar-refractivity contribution >= 4 is 22.8 Å². The van der Waals surface area contributed by atoms with Crippen molar-refractivity contribution in [1.82, 2.24) is 4.98 Å². The zero-order valence-electron chi connectivity index (χ0n) is 12.4. The first kappa shape index (κ1) is 15.2. The molecule has 3 rings (SSSR count). The largest absolute Gasteiger partial charge is 0.484 e. The number of hydrogen-bond donors (Lipinski definition) is 1. The van der Waals surface area contributed by atoms with E-state index in [1.165, 1.54) is 19.2 Å². The quantitative estimate of drug-likeness (QED) is 0.481. The SMILES string of the molecule is COC(=O)C(N)COc1cc2nc(C3CC3)oc2cc1[N+](=O)[O-]. The number of rotatable bonds is 6. The van der Waals surface area contributed by atoms with Gasteiger partial charge in [0.1, 0.15) is 18.2 Å². The predicted octanol–water partition coefficient (Wildman–Crippen LogP) is 1.49. The van der Waals surface area contributed by atoms with Crippen LogP contribution >= 0.6 is 0 Å². The second-order valence-corrected chi connectivity index (χ2v) is 5.31. The molecule has 1 aromatic heterocycles. The minimum atomic E-state index is -1.03. The summed E-state index contributed by atoms with van der Waals surface area (Å²) >= 11 is 0. The van der Waals surface area contributed by atoms with Gasteiger partial charge in [0.25, 0.3) is 0 Å². The molecule has 2 N–H and O–H groups in total. The van der Waals surface area contributed by atoms with Gasteiger partial charge in [0.05, 0.1) is 18.1 Å². The van der Waals surface area contributed by atoms with Crippen LogP contribution in [-0.4, -0.2) is 35.6 Å². The molecule has 1 aromatic carbocycles. The van der Waals surface area contributed by atoms with E-state index in [0.717, 1.165) is 12.8 Å². The van der Waals surface area contributed by atoms with E-state index in [0.29, 0.717) is 22.9 Å². The van der Waals surface area contributed by atoms with Crippen LogP contribution in [0.3, 0.4) is 0 Å². The van der Waals surface area contributed by atoms with Gasteiger partial charge in [-0.25, -0.2) is 4.98 Å². The van der Waals surface area contributed by atoms with Gasteiger partial charge in [-0.1, -0.05) is 0 Å². The lowest BCUT2D eigenvalue weighted by molar-refractivity contribution is -0.385. The number of fused-ring (bicyclic) bond motifs is 1. The molecule has 1 heterocycles. The van der Waals surface area contributed by atoms with E-state index in [1.807, 2.05) is 0 Å². The summed E-state index contributed by atoms with van der Waals surface area (Å²) in [6.45, 7) is -0.244. The standard InChI is InChI=1S/C14H15N3O6/c1-21-14(18)8(15)6-22-12-4-9-11(5-10(12)17(19)20)23-13(16-9)7-2-3-7/h4-5,7-8H,2-3,6,15H2,1H3. The molecule has 23 heavy (non-hydrogen) atoms. The van der Waals surface area contributed by atoms with Gasteiger partial charge >= 0.3 is 11.7 Å². The summed E-state index contributed by atoms with van der Waals surface area (Å²) in [5.74, 6) is 0.194. The second-order valence-electron chi connectivity index (χ2n) is 5.31. The fourth-order valence-corrected chi connectivity index (χ4v) is 2.12. The molecule has 122 valence electrons. The molecule has 1 saturated carbocycles. The highest BCUT2D eigenvalue weighted by Gasteiger charge is 2.30. The Kier molecular flexibility index (Phi) is 3.87. The van der Waals surface area contributed by atoms with Gasteiger partial charge in [-0.2, -0.15) is 0 Å². The first-order valence-corrected chi connectivity index (χ1v) is 7.04. The molecule has 9 nitrogen and oxygen atoms in total. The van der Waals surface area contributed by atoms with Crippen molar-refractivity contribution in [3.63, 3.8) is 0 Å². The van der Waals surface area contributed by atoms with Crippen molar-refractivity contribution in [2.45, 2.75) is 24.8 Å². The molecule has 0 bridgehead atoms. The van der Waals surface area contributed by atoms with Crippen LogP contribution in [0.5, 0.6) is 5.75 Å². The lowest BCUT2D eigenvalue weighted by Gasteiger charge is -2.11. The van der Waals surface area contributed by atoms with Crippen molar-refractivity contribution in [1.29, 1.82) is 0 Å². The summed E-state index contributed by atoms with van der Waals surface area (Å²) in [6, 6.07) is 1.66. The normalized spacial score (nSPS) is 15.4. The van der Waals surface area contributed by atoms with Crippen LogP contribution in [0.4, 0.5) is 5.69 Å². The Morgan fingerprint density at radius 2 is 2.30 bits per heavy atom. The topological polar surface area (TPSA) is 131 Å². The molecular formula is C14H15N3O6. The Morgan fingerprint density at radius 3 is 2.91 bits per heavy atom. The van der Waals surface area contributed by atoms with Crippen molar-refractivity contribution in [3.05, 3.63) is 28.1 Å². The lowest BCUT2D eigenvalue weighted by atomic mass is 10.2. The Hall–Kier alpha value is -2.68. The van der Waals surface area contributed by atoms with Gasteiger partial charge in [-0.05, 0) is 12.8 Å². The summed E-state index contributed by atoms with van der Waals surface area (Å²) in [4.78, 5) is 26.2. The average molecular weight is 321 g/mol. The van der Waals surface area contributed by atoms with E-state index in [9.17, 15) is 14.9 Å². The zero-order chi connectivity index (χ0) is 16.6. The monoisotopic (exact) mass is 321 g/mol. The van der Waals surface area contributed by atoms with Crippen molar-refractivity contribution in [3.8, 4) is 5.75 Å². The fourth-order valence-electron chi connectivity index (χ4n) is 2.12. The lowest BCUT2D eigenvalue weighted by Crippen LogP contribution is -2.37. The molecule has 0 radical (unpaired) electrons. The Labute approximate surface area is 130 Å². The Morgan fingerprint density at radius 1 is 1.57 bits per heavy atom. The summed E-state index contributed by atoms with van der Waals surface area (Å²) in [7, 11) is 1.20. The third kappa shape index (κ3) is 3.09. The number of aromatic nitrogens is 1. The number of nitro groups is 1. The van der Waals surface area contributed by atoms with Crippen molar-refractivity contribution in [2.75, 3.05) is 13.7 Å². The van der Waals surface area contributed by atoms with Crippen molar-refractivity contribution < 1.29 is 23.6 Å². The van der Waals surface area contributed by atoms with E-state index < -0.39 is 16.9 Å². The van der Waals surface area contributed by atoms with Crippen LogP contribution in [0, 0.1) is 10.1 Å². The van der Waals surface area contributed by atoms with E-state index in [-0.39, 0.29) is 18.0 Å². The number of nitro benzene ring substituents is 1. The smallest absolute Gasteiger partial charge is 0.326 e. The van der Waals surface area contributed by atoms with Crippen LogP contribution in [-0.2, 0) is 9.53 Å². The molecule has 0 amide bonds. The van der Waals surface area contributed by atoms with E-state index >= 15 is 0 Å². The number of ether oxygens (including phenoxy) is 2. The van der Waals surface area contributed by atoms with Crippen LogP contribution in [0.15, 0.2) is 16.5 Å². The maximum Gasteiger partial charge on any atom is 0.326 e. The number of carbonyl (C=O) groups excluding carboxylic acids is 1. The number of hydrogen-bond acceptors (Lipinski definition) is 8. The summed E-state index contributed by atoms with van der Waals surface area (Å²) < 4.78 is 15.4. The summed E-state index contributed by atoms with van der Waals surface area (Å²) in [5, 5.41) is 11.2. The number of nitrogens with two attached hydrogens (primary N) is 1. The Balaban J connectivity index is 1.88. The summed E-state index contributed by atoms with van der Waals surface area (Å²) in [5.41, 5.74) is 6.10. The van der Waals surface area contributed by atoms with Gasteiger partial charge in [0, 0.05) is 12.0 Å². The predicted molar refractivity (Wildman–Crippen MR) is 78.1 cm³/mol. The molecule has 1 aliphatic rings. The molecule has 0 saturated heterocycles. The number of carbonyl (C=O) groups is 1.